The first-order valence-corrected chi connectivity index (χ1v) is 7.11. The van der Waals surface area contributed by atoms with E-state index >= 15 is 0 Å². The van der Waals surface area contributed by atoms with Crippen LogP contribution < -0.4 is 5.73 Å². The SMILES string of the molecule is CC(C)N(CCC(N)=S)C(=O)c1ccc(Br)cc1O. The maximum Gasteiger partial charge on any atom is 0.257 e. The molecule has 0 aliphatic rings. The van der Waals surface area contributed by atoms with E-state index in [4.69, 9.17) is 18.0 Å². The van der Waals surface area contributed by atoms with Crippen molar-refractivity contribution in [3.8, 4) is 5.75 Å². The number of rotatable bonds is 5. The summed E-state index contributed by atoms with van der Waals surface area (Å²) >= 11 is 8.07. The molecule has 0 heterocycles. The molecule has 0 saturated carbocycles. The van der Waals surface area contributed by atoms with Crippen LogP contribution in [0.3, 0.4) is 0 Å². The number of aromatic hydroxyl groups is 1. The van der Waals surface area contributed by atoms with Gasteiger partial charge in [-0.3, -0.25) is 4.79 Å². The van der Waals surface area contributed by atoms with Crippen LogP contribution in [0.5, 0.6) is 5.75 Å². The number of amides is 1. The molecule has 19 heavy (non-hydrogen) atoms. The van der Waals surface area contributed by atoms with Crippen molar-refractivity contribution in [1.29, 1.82) is 0 Å². The van der Waals surface area contributed by atoms with Gasteiger partial charge in [0.15, 0.2) is 0 Å². The van der Waals surface area contributed by atoms with E-state index in [1.807, 2.05) is 13.8 Å². The minimum atomic E-state index is -0.226. The lowest BCUT2D eigenvalue weighted by Gasteiger charge is -2.27. The van der Waals surface area contributed by atoms with Crippen LogP contribution in [0.25, 0.3) is 0 Å². The number of carbonyl (C=O) groups is 1. The molecule has 6 heteroatoms. The predicted octanol–water partition coefficient (Wildman–Crippen LogP) is 2.68. The van der Waals surface area contributed by atoms with E-state index in [0.29, 0.717) is 18.0 Å². The lowest BCUT2D eigenvalue weighted by Crippen LogP contribution is -2.39. The van der Waals surface area contributed by atoms with Crippen LogP contribution in [0.4, 0.5) is 0 Å². The van der Waals surface area contributed by atoms with Gasteiger partial charge in [-0.2, -0.15) is 0 Å². The third kappa shape index (κ3) is 4.47. The molecule has 1 aromatic carbocycles. The summed E-state index contributed by atoms with van der Waals surface area (Å²) in [5.41, 5.74) is 5.75. The zero-order chi connectivity index (χ0) is 14.6. The van der Waals surface area contributed by atoms with Gasteiger partial charge in [0.25, 0.3) is 5.91 Å². The fourth-order valence-electron chi connectivity index (χ4n) is 1.67. The van der Waals surface area contributed by atoms with Gasteiger partial charge in [0.05, 0.1) is 10.6 Å². The third-order valence-electron chi connectivity index (χ3n) is 2.67. The van der Waals surface area contributed by atoms with Crippen molar-refractivity contribution in [1.82, 2.24) is 4.90 Å². The Bertz CT molecular complexity index is 492. The second-order valence-electron chi connectivity index (χ2n) is 4.47. The molecule has 0 aromatic heterocycles. The van der Waals surface area contributed by atoms with Crippen LogP contribution >= 0.6 is 28.1 Å². The molecule has 0 saturated heterocycles. The van der Waals surface area contributed by atoms with Gasteiger partial charge < -0.3 is 15.7 Å². The molecule has 0 fully saturated rings. The summed E-state index contributed by atoms with van der Waals surface area (Å²) in [6.45, 7) is 4.27. The number of nitrogens with two attached hydrogens (primary N) is 1. The minimum Gasteiger partial charge on any atom is -0.507 e. The Morgan fingerprint density at radius 3 is 2.63 bits per heavy atom. The minimum absolute atomic E-state index is 0.00453. The van der Waals surface area contributed by atoms with Crippen molar-refractivity contribution in [3.05, 3.63) is 28.2 Å². The van der Waals surface area contributed by atoms with Gasteiger partial charge in [-0.05, 0) is 32.0 Å². The highest BCUT2D eigenvalue weighted by Crippen LogP contribution is 2.24. The maximum atomic E-state index is 12.4. The quantitative estimate of drug-likeness (QED) is 0.806. The van der Waals surface area contributed by atoms with E-state index in [-0.39, 0.29) is 23.3 Å². The van der Waals surface area contributed by atoms with Gasteiger partial charge in [0.1, 0.15) is 5.75 Å². The standard InChI is InChI=1S/C13H17BrN2O2S/c1-8(2)16(6-5-12(15)19)13(18)10-4-3-9(14)7-11(10)17/h3-4,7-8,17H,5-6H2,1-2H3,(H2,15,19). The van der Waals surface area contributed by atoms with Crippen molar-refractivity contribution in [3.63, 3.8) is 0 Å². The molecule has 1 aromatic rings. The van der Waals surface area contributed by atoms with E-state index in [2.05, 4.69) is 15.9 Å². The molecule has 3 N–H and O–H groups in total. The molecule has 0 spiro atoms. The van der Waals surface area contributed by atoms with E-state index in [1.54, 1.807) is 17.0 Å². The van der Waals surface area contributed by atoms with Crippen LogP contribution in [0.15, 0.2) is 22.7 Å². The fourth-order valence-corrected chi connectivity index (χ4v) is 2.11. The summed E-state index contributed by atoms with van der Waals surface area (Å²) < 4.78 is 0.723. The average Bonchev–Trinajstić information content (AvgIpc) is 2.27. The molecule has 0 unspecified atom stereocenters. The van der Waals surface area contributed by atoms with Gasteiger partial charge in [-0.1, -0.05) is 28.1 Å². The normalized spacial score (nSPS) is 10.5. The number of thiocarbonyl (C=S) groups is 1. The fraction of sp³-hybridized carbons (Fsp3) is 0.385. The first-order valence-electron chi connectivity index (χ1n) is 5.90. The molecular weight excluding hydrogens is 328 g/mol. The molecule has 0 atom stereocenters. The lowest BCUT2D eigenvalue weighted by molar-refractivity contribution is 0.0708. The van der Waals surface area contributed by atoms with E-state index in [9.17, 15) is 9.90 Å². The highest BCUT2D eigenvalue weighted by Gasteiger charge is 2.21. The number of hydrogen-bond donors (Lipinski definition) is 2. The van der Waals surface area contributed by atoms with Crippen molar-refractivity contribution in [2.24, 2.45) is 5.73 Å². The first kappa shape index (κ1) is 15.9. The van der Waals surface area contributed by atoms with Crippen molar-refractivity contribution >= 4 is 39.0 Å². The number of phenols is 1. The van der Waals surface area contributed by atoms with E-state index < -0.39 is 0 Å². The number of halogens is 1. The second-order valence-corrected chi connectivity index (χ2v) is 5.91. The largest absolute Gasteiger partial charge is 0.507 e. The molecule has 0 radical (unpaired) electrons. The molecular formula is C13H17BrN2O2S. The maximum absolute atomic E-state index is 12.4. The zero-order valence-corrected chi connectivity index (χ0v) is 13.3. The molecule has 104 valence electrons. The van der Waals surface area contributed by atoms with Gasteiger partial charge in [-0.25, -0.2) is 0 Å². The summed E-state index contributed by atoms with van der Waals surface area (Å²) in [5, 5.41) is 9.84. The molecule has 0 aliphatic heterocycles. The monoisotopic (exact) mass is 344 g/mol. The summed E-state index contributed by atoms with van der Waals surface area (Å²) in [7, 11) is 0. The summed E-state index contributed by atoms with van der Waals surface area (Å²) in [4.78, 5) is 14.4. The van der Waals surface area contributed by atoms with Gasteiger partial charge in [-0.15, -0.1) is 0 Å². The Kier molecular flexibility index (Phi) is 5.75. The number of hydrogen-bond acceptors (Lipinski definition) is 3. The van der Waals surface area contributed by atoms with E-state index in [1.165, 1.54) is 6.07 Å². The number of phenolic OH excluding ortho intramolecular Hbond substituents is 1. The Morgan fingerprint density at radius 2 is 2.16 bits per heavy atom. The molecule has 1 amide bonds. The van der Waals surface area contributed by atoms with Crippen molar-refractivity contribution in [2.75, 3.05) is 6.54 Å². The molecule has 4 nitrogen and oxygen atoms in total. The Hall–Kier alpha value is -1.14. The average molecular weight is 345 g/mol. The highest BCUT2D eigenvalue weighted by atomic mass is 79.9. The smallest absolute Gasteiger partial charge is 0.257 e. The van der Waals surface area contributed by atoms with Gasteiger partial charge in [0.2, 0.25) is 0 Å². The number of benzene rings is 1. The summed E-state index contributed by atoms with van der Waals surface area (Å²) in [6.07, 6.45) is 0.469. The van der Waals surface area contributed by atoms with Crippen molar-refractivity contribution in [2.45, 2.75) is 26.3 Å². The highest BCUT2D eigenvalue weighted by molar-refractivity contribution is 9.10. The molecule has 0 bridgehead atoms. The Morgan fingerprint density at radius 1 is 1.53 bits per heavy atom. The Balaban J connectivity index is 2.95. The van der Waals surface area contributed by atoms with E-state index in [0.717, 1.165) is 4.47 Å². The van der Waals surface area contributed by atoms with Crippen LogP contribution in [-0.4, -0.2) is 33.5 Å². The number of carbonyl (C=O) groups excluding carboxylic acids is 1. The number of nitrogens with zero attached hydrogens (tertiary/aromatic N) is 1. The topological polar surface area (TPSA) is 66.6 Å². The summed E-state index contributed by atoms with van der Waals surface area (Å²) in [5.74, 6) is -0.267. The zero-order valence-electron chi connectivity index (χ0n) is 10.9. The third-order valence-corrected chi connectivity index (χ3v) is 3.37. The van der Waals surface area contributed by atoms with Crippen molar-refractivity contribution < 1.29 is 9.90 Å². The van der Waals surface area contributed by atoms with Gasteiger partial charge in [0, 0.05) is 23.5 Å². The van der Waals surface area contributed by atoms with Crippen LogP contribution in [0.1, 0.15) is 30.6 Å². The predicted molar refractivity (Wildman–Crippen MR) is 83.4 cm³/mol. The molecule has 1 rings (SSSR count). The second kappa shape index (κ2) is 6.86. The van der Waals surface area contributed by atoms with Crippen LogP contribution in [-0.2, 0) is 0 Å². The van der Waals surface area contributed by atoms with Crippen LogP contribution in [0, 0.1) is 0 Å². The van der Waals surface area contributed by atoms with Gasteiger partial charge >= 0.3 is 0 Å². The Labute approximate surface area is 126 Å². The lowest BCUT2D eigenvalue weighted by atomic mass is 10.1. The molecule has 0 aliphatic carbocycles. The first-order chi connectivity index (χ1) is 8.82. The summed E-state index contributed by atoms with van der Waals surface area (Å²) in [6, 6.07) is 4.82. The van der Waals surface area contributed by atoms with Crippen LogP contribution in [0.2, 0.25) is 0 Å².